The van der Waals surface area contributed by atoms with Gasteiger partial charge in [0.1, 0.15) is 17.3 Å². The second-order valence-corrected chi connectivity index (χ2v) is 6.24. The van der Waals surface area contributed by atoms with E-state index in [1.165, 1.54) is 0 Å². The predicted octanol–water partition coefficient (Wildman–Crippen LogP) is 4.32. The van der Waals surface area contributed by atoms with Gasteiger partial charge in [-0.1, -0.05) is 35.3 Å². The number of anilines is 2. The molecule has 2 rings (SSSR count). The van der Waals surface area contributed by atoms with Crippen LogP contribution in [0.1, 0.15) is 41.6 Å². The zero-order valence-electron chi connectivity index (χ0n) is 13.6. The quantitative estimate of drug-likeness (QED) is 0.736. The molecule has 1 amide bonds. The molecule has 0 atom stereocenters. The highest BCUT2D eigenvalue weighted by atomic mass is 79.9. The van der Waals surface area contributed by atoms with E-state index in [0.29, 0.717) is 17.3 Å². The summed E-state index contributed by atoms with van der Waals surface area (Å²) in [6.07, 6.45) is 2.16. The summed E-state index contributed by atoms with van der Waals surface area (Å²) in [5.74, 6) is 1.01. The van der Waals surface area contributed by atoms with Crippen LogP contribution in [0, 0.1) is 13.8 Å². The molecule has 1 aromatic carbocycles. The summed E-state index contributed by atoms with van der Waals surface area (Å²) < 4.78 is 0.955. The summed E-state index contributed by atoms with van der Waals surface area (Å²) in [7, 11) is 0. The highest BCUT2D eigenvalue weighted by Crippen LogP contribution is 2.21. The number of nitrogens with one attached hydrogen (secondary N) is 2. The zero-order chi connectivity index (χ0) is 16.8. The van der Waals surface area contributed by atoms with Crippen molar-refractivity contribution in [2.75, 3.05) is 17.2 Å². The van der Waals surface area contributed by atoms with Crippen LogP contribution in [0.5, 0.6) is 0 Å². The first-order chi connectivity index (χ1) is 11.0. The van der Waals surface area contributed by atoms with Gasteiger partial charge in [0.2, 0.25) is 0 Å². The molecule has 0 saturated carbocycles. The summed E-state index contributed by atoms with van der Waals surface area (Å²) in [5, 5.41) is 6.08. The molecule has 0 spiro atoms. The maximum absolute atomic E-state index is 12.4. The summed E-state index contributed by atoms with van der Waals surface area (Å²) >= 11 is 3.46. The van der Waals surface area contributed by atoms with Gasteiger partial charge in [0.05, 0.1) is 0 Å². The second-order valence-electron chi connectivity index (χ2n) is 5.38. The molecular weight excluding hydrogens is 356 g/mol. The Bertz CT molecular complexity index is 703. The van der Waals surface area contributed by atoms with E-state index in [2.05, 4.69) is 43.5 Å². The van der Waals surface area contributed by atoms with Crippen molar-refractivity contribution in [2.45, 2.75) is 33.6 Å². The normalized spacial score (nSPS) is 10.4. The van der Waals surface area contributed by atoms with Crippen molar-refractivity contribution in [3.05, 3.63) is 45.8 Å². The van der Waals surface area contributed by atoms with E-state index in [1.54, 1.807) is 13.0 Å². The monoisotopic (exact) mass is 376 g/mol. The molecule has 0 unspecified atom stereocenters. The molecule has 2 N–H and O–H groups in total. The Hall–Kier alpha value is -1.95. The minimum Gasteiger partial charge on any atom is -0.370 e. The van der Waals surface area contributed by atoms with Crippen LogP contribution in [0.3, 0.4) is 0 Å². The topological polar surface area (TPSA) is 66.9 Å². The second kappa shape index (κ2) is 8.06. The zero-order valence-corrected chi connectivity index (χ0v) is 15.2. The Morgan fingerprint density at radius 3 is 2.70 bits per heavy atom. The largest absolute Gasteiger partial charge is 0.370 e. The Kier molecular flexibility index (Phi) is 6.10. The van der Waals surface area contributed by atoms with E-state index in [0.717, 1.165) is 35.1 Å². The molecule has 1 aromatic heterocycles. The van der Waals surface area contributed by atoms with Crippen molar-refractivity contribution in [2.24, 2.45) is 0 Å². The molecule has 0 saturated heterocycles. The fourth-order valence-electron chi connectivity index (χ4n) is 2.03. The minimum atomic E-state index is -0.246. The molecule has 0 aliphatic rings. The van der Waals surface area contributed by atoms with Gasteiger partial charge < -0.3 is 10.6 Å². The van der Waals surface area contributed by atoms with Crippen molar-refractivity contribution >= 4 is 33.3 Å². The van der Waals surface area contributed by atoms with Crippen molar-refractivity contribution in [3.8, 4) is 0 Å². The lowest BCUT2D eigenvalue weighted by Gasteiger charge is -2.09. The molecule has 23 heavy (non-hydrogen) atoms. The Morgan fingerprint density at radius 2 is 2.00 bits per heavy atom. The van der Waals surface area contributed by atoms with Crippen LogP contribution < -0.4 is 10.6 Å². The lowest BCUT2D eigenvalue weighted by Crippen LogP contribution is -2.16. The summed E-state index contributed by atoms with van der Waals surface area (Å²) in [4.78, 5) is 20.9. The van der Waals surface area contributed by atoms with E-state index in [-0.39, 0.29) is 5.91 Å². The third-order valence-electron chi connectivity index (χ3n) is 3.34. The van der Waals surface area contributed by atoms with Gasteiger partial charge in [0, 0.05) is 22.8 Å². The average molecular weight is 377 g/mol. The van der Waals surface area contributed by atoms with Gasteiger partial charge in [0.25, 0.3) is 5.91 Å². The summed E-state index contributed by atoms with van der Waals surface area (Å²) in [6, 6.07) is 7.37. The van der Waals surface area contributed by atoms with Crippen LogP contribution in [0.2, 0.25) is 0 Å². The molecule has 1 heterocycles. The first kappa shape index (κ1) is 17.4. The number of hydrogen-bond acceptors (Lipinski definition) is 4. The number of hydrogen-bond donors (Lipinski definition) is 2. The maximum atomic E-state index is 12.4. The number of aryl methyl sites for hydroxylation is 2. The van der Waals surface area contributed by atoms with Gasteiger partial charge in [-0.2, -0.15) is 0 Å². The highest BCUT2D eigenvalue weighted by Gasteiger charge is 2.11. The Labute approximate surface area is 145 Å². The molecule has 6 heteroatoms. The Balaban J connectivity index is 2.13. The maximum Gasteiger partial charge on any atom is 0.274 e. The number of halogens is 1. The first-order valence-corrected chi connectivity index (χ1v) is 8.46. The van der Waals surface area contributed by atoms with Crippen molar-refractivity contribution in [1.29, 1.82) is 0 Å². The number of amides is 1. The molecule has 0 radical (unpaired) electrons. The number of carbonyl (C=O) groups is 1. The van der Waals surface area contributed by atoms with Crippen LogP contribution in [0.25, 0.3) is 0 Å². The molecule has 5 nitrogen and oxygen atoms in total. The molecule has 0 aliphatic heterocycles. The van der Waals surface area contributed by atoms with E-state index in [9.17, 15) is 4.79 Å². The SMILES string of the molecule is CCCCNc1cc(C(=O)Nc2ccc(C)c(Br)c2)nc(C)n1. The van der Waals surface area contributed by atoms with Gasteiger partial charge in [0.15, 0.2) is 0 Å². The van der Waals surface area contributed by atoms with Crippen LogP contribution in [-0.2, 0) is 0 Å². The van der Waals surface area contributed by atoms with Crippen molar-refractivity contribution in [3.63, 3.8) is 0 Å². The average Bonchev–Trinajstić information content (AvgIpc) is 2.51. The van der Waals surface area contributed by atoms with Gasteiger partial charge >= 0.3 is 0 Å². The van der Waals surface area contributed by atoms with Crippen molar-refractivity contribution in [1.82, 2.24) is 9.97 Å². The number of nitrogens with zero attached hydrogens (tertiary/aromatic N) is 2. The number of carbonyl (C=O) groups excluding carboxylic acids is 1. The number of aromatic nitrogens is 2. The van der Waals surface area contributed by atoms with Crippen LogP contribution >= 0.6 is 15.9 Å². The van der Waals surface area contributed by atoms with E-state index >= 15 is 0 Å². The minimum absolute atomic E-state index is 0.246. The molecular formula is C17H21BrN4O. The van der Waals surface area contributed by atoms with E-state index < -0.39 is 0 Å². The van der Waals surface area contributed by atoms with E-state index in [4.69, 9.17) is 0 Å². The fourth-order valence-corrected chi connectivity index (χ4v) is 2.41. The predicted molar refractivity (Wildman–Crippen MR) is 97.0 cm³/mol. The fraction of sp³-hybridized carbons (Fsp3) is 0.353. The smallest absolute Gasteiger partial charge is 0.274 e. The first-order valence-electron chi connectivity index (χ1n) is 7.66. The summed E-state index contributed by atoms with van der Waals surface area (Å²) in [5.41, 5.74) is 2.20. The Morgan fingerprint density at radius 1 is 1.22 bits per heavy atom. The third-order valence-corrected chi connectivity index (χ3v) is 4.19. The number of rotatable bonds is 6. The number of benzene rings is 1. The highest BCUT2D eigenvalue weighted by molar-refractivity contribution is 9.10. The van der Waals surface area contributed by atoms with Gasteiger partial charge in [-0.25, -0.2) is 9.97 Å². The molecule has 0 aliphatic carbocycles. The number of unbranched alkanes of at least 4 members (excludes halogenated alkanes) is 1. The van der Waals surface area contributed by atoms with Gasteiger partial charge in [-0.15, -0.1) is 0 Å². The van der Waals surface area contributed by atoms with Gasteiger partial charge in [-0.3, -0.25) is 4.79 Å². The lowest BCUT2D eigenvalue weighted by atomic mass is 10.2. The van der Waals surface area contributed by atoms with Crippen LogP contribution in [0.4, 0.5) is 11.5 Å². The lowest BCUT2D eigenvalue weighted by molar-refractivity contribution is 0.102. The third kappa shape index (κ3) is 5.03. The van der Waals surface area contributed by atoms with E-state index in [1.807, 2.05) is 25.1 Å². The van der Waals surface area contributed by atoms with Gasteiger partial charge in [-0.05, 0) is 38.0 Å². The van der Waals surface area contributed by atoms with Crippen LogP contribution in [-0.4, -0.2) is 22.4 Å². The van der Waals surface area contributed by atoms with Crippen LogP contribution in [0.15, 0.2) is 28.7 Å². The standard InChI is InChI=1S/C17H21BrN4O/c1-4-5-8-19-16-10-15(20-12(3)21-16)17(23)22-13-7-6-11(2)14(18)9-13/h6-7,9-10H,4-5,8H2,1-3H3,(H,22,23)(H,19,20,21). The molecule has 2 aromatic rings. The molecule has 0 bridgehead atoms. The molecule has 0 fully saturated rings. The molecule has 122 valence electrons. The van der Waals surface area contributed by atoms with Crippen molar-refractivity contribution < 1.29 is 4.79 Å². The summed E-state index contributed by atoms with van der Waals surface area (Å²) in [6.45, 7) is 6.74.